The Hall–Kier alpha value is -1.88. The van der Waals surface area contributed by atoms with E-state index in [4.69, 9.17) is 4.74 Å². The Labute approximate surface area is 155 Å². The highest BCUT2D eigenvalue weighted by Crippen LogP contribution is 2.34. The van der Waals surface area contributed by atoms with Crippen LogP contribution >= 0.6 is 0 Å². The topological polar surface area (TPSA) is 66.8 Å². The van der Waals surface area contributed by atoms with Crippen molar-refractivity contribution in [3.05, 3.63) is 35.9 Å². The lowest BCUT2D eigenvalue weighted by molar-refractivity contribution is -0.146. The van der Waals surface area contributed by atoms with E-state index in [2.05, 4.69) is 6.92 Å². The normalized spacial score (nSPS) is 25.2. The van der Waals surface area contributed by atoms with Crippen LogP contribution < -0.4 is 0 Å². The summed E-state index contributed by atoms with van der Waals surface area (Å²) in [5.41, 5.74) is 1.09. The molecule has 0 saturated carbocycles. The van der Waals surface area contributed by atoms with Gasteiger partial charge in [0, 0.05) is 19.7 Å². The van der Waals surface area contributed by atoms with Crippen LogP contribution in [0.4, 0.5) is 0 Å². The highest BCUT2D eigenvalue weighted by atomic mass is 16.5. The van der Waals surface area contributed by atoms with Gasteiger partial charge in [-0.3, -0.25) is 9.59 Å². The Morgan fingerprint density at radius 1 is 1.19 bits per heavy atom. The Kier molecular flexibility index (Phi) is 6.30. The van der Waals surface area contributed by atoms with Crippen LogP contribution in [0.15, 0.2) is 30.3 Å². The van der Waals surface area contributed by atoms with Crippen molar-refractivity contribution in [2.45, 2.75) is 51.0 Å². The number of ether oxygens (including phenoxy) is 1. The molecule has 0 bridgehead atoms. The third-order valence-corrected chi connectivity index (χ3v) is 5.85. The summed E-state index contributed by atoms with van der Waals surface area (Å²) in [6.45, 7) is 4.04. The van der Waals surface area contributed by atoms with Crippen LogP contribution in [-0.2, 0) is 14.3 Å². The highest BCUT2D eigenvalue weighted by Gasteiger charge is 2.41. The molecule has 0 spiro atoms. The molecule has 1 aromatic carbocycles. The van der Waals surface area contributed by atoms with Crippen LogP contribution in [0.5, 0.6) is 0 Å². The number of aliphatic carboxylic acids is 1. The smallest absolute Gasteiger partial charge is 0.309 e. The second-order valence-electron chi connectivity index (χ2n) is 7.48. The predicted octanol–water partition coefficient (Wildman–Crippen LogP) is 3.30. The van der Waals surface area contributed by atoms with Gasteiger partial charge in [0.25, 0.3) is 0 Å². The average molecular weight is 359 g/mol. The first-order valence-corrected chi connectivity index (χ1v) is 9.80. The van der Waals surface area contributed by atoms with E-state index in [1.807, 2.05) is 35.2 Å². The van der Waals surface area contributed by atoms with Crippen LogP contribution in [0, 0.1) is 11.8 Å². The summed E-state index contributed by atoms with van der Waals surface area (Å²) < 4.78 is 5.73. The Morgan fingerprint density at radius 2 is 1.88 bits per heavy atom. The van der Waals surface area contributed by atoms with Gasteiger partial charge in [0.2, 0.25) is 5.91 Å². The van der Waals surface area contributed by atoms with Gasteiger partial charge in [0.05, 0.1) is 17.9 Å². The summed E-state index contributed by atoms with van der Waals surface area (Å²) in [6, 6.07) is 10.0. The lowest BCUT2D eigenvalue weighted by Crippen LogP contribution is -2.44. The molecule has 2 unspecified atom stereocenters. The first-order valence-electron chi connectivity index (χ1n) is 9.80. The van der Waals surface area contributed by atoms with Crippen molar-refractivity contribution in [1.82, 2.24) is 4.90 Å². The molecule has 0 aromatic heterocycles. The van der Waals surface area contributed by atoms with Gasteiger partial charge >= 0.3 is 5.97 Å². The zero-order chi connectivity index (χ0) is 18.5. The molecule has 3 rings (SSSR count). The number of carboxylic acid groups (broad SMARTS) is 1. The first-order chi connectivity index (χ1) is 12.6. The quantitative estimate of drug-likeness (QED) is 0.846. The number of hydrogen-bond acceptors (Lipinski definition) is 3. The fourth-order valence-corrected chi connectivity index (χ4v) is 4.42. The molecule has 0 aliphatic carbocycles. The third kappa shape index (κ3) is 4.09. The van der Waals surface area contributed by atoms with Crippen molar-refractivity contribution in [1.29, 1.82) is 0 Å². The lowest BCUT2D eigenvalue weighted by atomic mass is 9.83. The van der Waals surface area contributed by atoms with E-state index in [-0.39, 0.29) is 29.8 Å². The van der Waals surface area contributed by atoms with E-state index in [9.17, 15) is 14.7 Å². The van der Waals surface area contributed by atoms with Crippen LogP contribution in [0.25, 0.3) is 0 Å². The molecule has 2 fully saturated rings. The molecule has 2 aliphatic heterocycles. The molecule has 142 valence electrons. The zero-order valence-electron chi connectivity index (χ0n) is 15.5. The number of rotatable bonds is 6. The van der Waals surface area contributed by atoms with E-state index in [1.54, 1.807) is 0 Å². The molecule has 2 aliphatic rings. The minimum absolute atomic E-state index is 0.0766. The van der Waals surface area contributed by atoms with Crippen LogP contribution in [0.3, 0.4) is 0 Å². The largest absolute Gasteiger partial charge is 0.481 e. The van der Waals surface area contributed by atoms with Crippen molar-refractivity contribution < 1.29 is 19.4 Å². The molecule has 1 amide bonds. The van der Waals surface area contributed by atoms with Gasteiger partial charge < -0.3 is 14.7 Å². The van der Waals surface area contributed by atoms with Gasteiger partial charge in [-0.05, 0) is 37.2 Å². The van der Waals surface area contributed by atoms with Gasteiger partial charge in [0.1, 0.15) is 0 Å². The fourth-order valence-electron chi connectivity index (χ4n) is 4.42. The second kappa shape index (κ2) is 8.67. The van der Waals surface area contributed by atoms with E-state index in [0.29, 0.717) is 26.1 Å². The molecule has 0 radical (unpaired) electrons. The molecule has 2 saturated heterocycles. The average Bonchev–Trinajstić information content (AvgIpc) is 3.16. The zero-order valence-corrected chi connectivity index (χ0v) is 15.5. The molecule has 1 aromatic rings. The standard InChI is InChI=1S/C21H29NO4/c1-2-6-17(15-7-4-3-5-8-15)20(23)22-12-9-16(10-13-22)19-18(21(24)25)11-14-26-19/h3-5,7-8,16-19H,2,6,9-14H2,1H3,(H,24,25)/t17?,18?,19-/m0/s1. The molecule has 5 heteroatoms. The second-order valence-corrected chi connectivity index (χ2v) is 7.48. The Bertz CT molecular complexity index is 610. The summed E-state index contributed by atoms with van der Waals surface area (Å²) in [7, 11) is 0. The minimum Gasteiger partial charge on any atom is -0.481 e. The van der Waals surface area contributed by atoms with Gasteiger partial charge in [-0.1, -0.05) is 43.7 Å². The minimum atomic E-state index is -0.752. The van der Waals surface area contributed by atoms with E-state index < -0.39 is 5.97 Å². The summed E-state index contributed by atoms with van der Waals surface area (Å²) >= 11 is 0. The molecular formula is C21H29NO4. The van der Waals surface area contributed by atoms with Crippen molar-refractivity contribution in [2.75, 3.05) is 19.7 Å². The number of carbonyl (C=O) groups is 2. The predicted molar refractivity (Wildman–Crippen MR) is 98.9 cm³/mol. The van der Waals surface area contributed by atoms with Crippen molar-refractivity contribution >= 4 is 11.9 Å². The molecule has 1 N–H and O–H groups in total. The Morgan fingerprint density at radius 3 is 2.50 bits per heavy atom. The monoisotopic (exact) mass is 359 g/mol. The Balaban J connectivity index is 1.61. The van der Waals surface area contributed by atoms with Gasteiger partial charge in [-0.2, -0.15) is 0 Å². The number of carbonyl (C=O) groups excluding carboxylic acids is 1. The number of piperidine rings is 1. The third-order valence-electron chi connectivity index (χ3n) is 5.85. The number of amides is 1. The van der Waals surface area contributed by atoms with E-state index in [1.165, 1.54) is 0 Å². The number of hydrogen-bond donors (Lipinski definition) is 1. The maximum atomic E-state index is 13.1. The maximum absolute atomic E-state index is 13.1. The van der Waals surface area contributed by atoms with Crippen LogP contribution in [0.2, 0.25) is 0 Å². The van der Waals surface area contributed by atoms with Gasteiger partial charge in [-0.15, -0.1) is 0 Å². The van der Waals surface area contributed by atoms with Crippen LogP contribution in [-0.4, -0.2) is 47.7 Å². The summed E-state index contributed by atoms with van der Waals surface area (Å²) in [4.78, 5) is 26.5. The highest BCUT2D eigenvalue weighted by molar-refractivity contribution is 5.83. The van der Waals surface area contributed by atoms with E-state index >= 15 is 0 Å². The summed E-state index contributed by atoms with van der Waals surface area (Å²) in [6.07, 6.45) is 3.89. The van der Waals surface area contributed by atoms with Gasteiger partial charge in [-0.25, -0.2) is 0 Å². The SMILES string of the molecule is CCCC(C(=O)N1CCC([C@@H]2OCCC2C(=O)O)CC1)c1ccccc1. The number of carboxylic acids is 1. The number of nitrogens with zero attached hydrogens (tertiary/aromatic N) is 1. The summed E-state index contributed by atoms with van der Waals surface area (Å²) in [5.74, 6) is -0.771. The van der Waals surface area contributed by atoms with Crippen molar-refractivity contribution in [3.63, 3.8) is 0 Å². The maximum Gasteiger partial charge on any atom is 0.309 e. The molecule has 2 heterocycles. The van der Waals surface area contributed by atoms with Crippen LogP contribution in [0.1, 0.15) is 50.5 Å². The molecule has 5 nitrogen and oxygen atoms in total. The number of likely N-dealkylation sites (tertiary alicyclic amines) is 1. The molecule has 26 heavy (non-hydrogen) atoms. The summed E-state index contributed by atoms with van der Waals surface area (Å²) in [5, 5.41) is 9.37. The van der Waals surface area contributed by atoms with Crippen molar-refractivity contribution in [3.8, 4) is 0 Å². The first kappa shape index (κ1) is 18.9. The van der Waals surface area contributed by atoms with Crippen molar-refractivity contribution in [2.24, 2.45) is 11.8 Å². The lowest BCUT2D eigenvalue weighted by Gasteiger charge is -2.37. The van der Waals surface area contributed by atoms with Gasteiger partial charge in [0.15, 0.2) is 0 Å². The fraction of sp³-hybridized carbons (Fsp3) is 0.619. The molecular weight excluding hydrogens is 330 g/mol. The molecule has 3 atom stereocenters. The number of benzene rings is 1. The van der Waals surface area contributed by atoms with E-state index in [0.717, 1.165) is 31.2 Å².